The van der Waals surface area contributed by atoms with Crippen molar-refractivity contribution in [2.75, 3.05) is 6.54 Å². The molecule has 2 aliphatic rings. The molecule has 3 atom stereocenters. The molecule has 2 fully saturated rings. The standard InChI is InChI=1S/C15H28N2O/c1-3-17(13-6-4-5-7-13)15(18)12-9-8-11(2)14(16)10-12/h11-14H,3-10,16H2,1-2H3. The van der Waals surface area contributed by atoms with Crippen LogP contribution in [0.3, 0.4) is 0 Å². The molecule has 0 aromatic heterocycles. The average molecular weight is 252 g/mol. The number of carbonyl (C=O) groups excluding carboxylic acids is 1. The van der Waals surface area contributed by atoms with E-state index in [9.17, 15) is 4.79 Å². The van der Waals surface area contributed by atoms with Crippen molar-refractivity contribution in [2.24, 2.45) is 17.6 Å². The van der Waals surface area contributed by atoms with Crippen LogP contribution in [0.1, 0.15) is 58.8 Å². The van der Waals surface area contributed by atoms with E-state index in [-0.39, 0.29) is 12.0 Å². The molecule has 0 saturated heterocycles. The molecule has 1 amide bonds. The highest BCUT2D eigenvalue weighted by Crippen LogP contribution is 2.31. The van der Waals surface area contributed by atoms with E-state index >= 15 is 0 Å². The smallest absolute Gasteiger partial charge is 0.225 e. The molecule has 18 heavy (non-hydrogen) atoms. The average Bonchev–Trinajstić information content (AvgIpc) is 2.87. The lowest BCUT2D eigenvalue weighted by Crippen LogP contribution is -2.46. The zero-order chi connectivity index (χ0) is 13.1. The minimum Gasteiger partial charge on any atom is -0.340 e. The van der Waals surface area contributed by atoms with Crippen LogP contribution in [-0.2, 0) is 4.79 Å². The first kappa shape index (κ1) is 13.9. The molecule has 0 aromatic carbocycles. The lowest BCUT2D eigenvalue weighted by Gasteiger charge is -2.36. The second kappa shape index (κ2) is 6.05. The van der Waals surface area contributed by atoms with E-state index < -0.39 is 0 Å². The number of nitrogens with zero attached hydrogens (tertiary/aromatic N) is 1. The molecular formula is C15H28N2O. The van der Waals surface area contributed by atoms with Crippen LogP contribution < -0.4 is 5.73 Å². The molecule has 0 spiro atoms. The van der Waals surface area contributed by atoms with Crippen molar-refractivity contribution >= 4 is 5.91 Å². The first-order valence-electron chi connectivity index (χ1n) is 7.69. The molecule has 2 aliphatic carbocycles. The third-order valence-electron chi connectivity index (χ3n) is 5.00. The van der Waals surface area contributed by atoms with Crippen molar-refractivity contribution in [1.29, 1.82) is 0 Å². The monoisotopic (exact) mass is 252 g/mol. The fourth-order valence-electron chi connectivity index (χ4n) is 3.63. The van der Waals surface area contributed by atoms with Gasteiger partial charge in [-0.05, 0) is 44.9 Å². The Morgan fingerprint density at radius 2 is 1.89 bits per heavy atom. The van der Waals surface area contributed by atoms with Crippen LogP contribution in [-0.4, -0.2) is 29.4 Å². The minimum atomic E-state index is 0.191. The lowest BCUT2D eigenvalue weighted by atomic mass is 9.79. The normalized spacial score (nSPS) is 33.6. The molecule has 2 saturated carbocycles. The minimum absolute atomic E-state index is 0.191. The van der Waals surface area contributed by atoms with Crippen LogP contribution in [0.25, 0.3) is 0 Å². The molecule has 2 N–H and O–H groups in total. The Hall–Kier alpha value is -0.570. The highest BCUT2D eigenvalue weighted by molar-refractivity contribution is 5.79. The third kappa shape index (κ3) is 2.87. The Bertz CT molecular complexity index is 286. The van der Waals surface area contributed by atoms with Gasteiger partial charge in [0, 0.05) is 24.5 Å². The summed E-state index contributed by atoms with van der Waals surface area (Å²) in [6.45, 7) is 5.19. The molecular weight excluding hydrogens is 224 g/mol. The summed E-state index contributed by atoms with van der Waals surface area (Å²) < 4.78 is 0. The summed E-state index contributed by atoms with van der Waals surface area (Å²) in [6, 6.07) is 0.730. The van der Waals surface area contributed by atoms with Crippen LogP contribution in [0.4, 0.5) is 0 Å². The van der Waals surface area contributed by atoms with Gasteiger partial charge in [0.1, 0.15) is 0 Å². The summed E-state index contributed by atoms with van der Waals surface area (Å²) in [5.74, 6) is 1.15. The Kier molecular flexibility index (Phi) is 4.66. The fourth-order valence-corrected chi connectivity index (χ4v) is 3.63. The fraction of sp³-hybridized carbons (Fsp3) is 0.933. The van der Waals surface area contributed by atoms with Gasteiger partial charge in [0.05, 0.1) is 0 Å². The molecule has 0 radical (unpaired) electrons. The van der Waals surface area contributed by atoms with E-state index in [1.165, 1.54) is 25.7 Å². The van der Waals surface area contributed by atoms with Crippen molar-refractivity contribution in [3.8, 4) is 0 Å². The molecule has 0 bridgehead atoms. The predicted octanol–water partition coefficient (Wildman–Crippen LogP) is 2.54. The molecule has 0 aliphatic heterocycles. The van der Waals surface area contributed by atoms with Gasteiger partial charge in [0.15, 0.2) is 0 Å². The zero-order valence-electron chi connectivity index (χ0n) is 11.9. The van der Waals surface area contributed by atoms with Crippen molar-refractivity contribution < 1.29 is 4.79 Å². The number of carbonyl (C=O) groups is 1. The van der Waals surface area contributed by atoms with Gasteiger partial charge in [0.25, 0.3) is 0 Å². The SMILES string of the molecule is CCN(C(=O)C1CCC(C)C(N)C1)C1CCCC1. The second-order valence-corrected chi connectivity index (χ2v) is 6.21. The van der Waals surface area contributed by atoms with E-state index in [0.717, 1.165) is 25.8 Å². The van der Waals surface area contributed by atoms with Crippen molar-refractivity contribution in [2.45, 2.75) is 70.9 Å². The van der Waals surface area contributed by atoms with Gasteiger partial charge in [-0.25, -0.2) is 0 Å². The van der Waals surface area contributed by atoms with Gasteiger partial charge in [-0.1, -0.05) is 19.8 Å². The number of hydrogen-bond acceptors (Lipinski definition) is 2. The van der Waals surface area contributed by atoms with Crippen molar-refractivity contribution in [1.82, 2.24) is 4.90 Å². The molecule has 3 heteroatoms. The molecule has 2 rings (SSSR count). The molecule has 0 aromatic rings. The second-order valence-electron chi connectivity index (χ2n) is 6.21. The summed E-state index contributed by atoms with van der Waals surface area (Å²) in [7, 11) is 0. The van der Waals surface area contributed by atoms with Gasteiger partial charge in [-0.15, -0.1) is 0 Å². The molecule has 0 heterocycles. The Morgan fingerprint density at radius 1 is 1.22 bits per heavy atom. The predicted molar refractivity (Wildman–Crippen MR) is 74.1 cm³/mol. The number of nitrogens with two attached hydrogens (primary N) is 1. The van der Waals surface area contributed by atoms with Gasteiger partial charge in [-0.2, -0.15) is 0 Å². The first-order valence-corrected chi connectivity index (χ1v) is 7.69. The zero-order valence-corrected chi connectivity index (χ0v) is 11.9. The van der Waals surface area contributed by atoms with Crippen LogP contribution >= 0.6 is 0 Å². The van der Waals surface area contributed by atoms with Gasteiger partial charge in [-0.3, -0.25) is 4.79 Å². The summed E-state index contributed by atoms with van der Waals surface area (Å²) >= 11 is 0. The van der Waals surface area contributed by atoms with Gasteiger partial charge < -0.3 is 10.6 Å². The molecule has 104 valence electrons. The topological polar surface area (TPSA) is 46.3 Å². The van der Waals surface area contributed by atoms with E-state index in [1.54, 1.807) is 0 Å². The Morgan fingerprint density at radius 3 is 2.44 bits per heavy atom. The van der Waals surface area contributed by atoms with Crippen molar-refractivity contribution in [3.05, 3.63) is 0 Å². The van der Waals surface area contributed by atoms with Crippen LogP contribution in [0.5, 0.6) is 0 Å². The number of amides is 1. The highest BCUT2D eigenvalue weighted by Gasteiger charge is 2.34. The number of rotatable bonds is 3. The van der Waals surface area contributed by atoms with E-state index in [4.69, 9.17) is 5.73 Å². The lowest BCUT2D eigenvalue weighted by molar-refractivity contribution is -0.139. The van der Waals surface area contributed by atoms with Crippen LogP contribution in [0.15, 0.2) is 0 Å². The summed E-state index contributed by atoms with van der Waals surface area (Å²) in [5, 5.41) is 0. The maximum Gasteiger partial charge on any atom is 0.225 e. The maximum absolute atomic E-state index is 12.6. The Labute approximate surface area is 111 Å². The van der Waals surface area contributed by atoms with Crippen LogP contribution in [0.2, 0.25) is 0 Å². The maximum atomic E-state index is 12.6. The van der Waals surface area contributed by atoms with Gasteiger partial charge >= 0.3 is 0 Å². The quantitative estimate of drug-likeness (QED) is 0.839. The first-order chi connectivity index (χ1) is 8.63. The molecule has 3 nitrogen and oxygen atoms in total. The van der Waals surface area contributed by atoms with Crippen molar-refractivity contribution in [3.63, 3.8) is 0 Å². The molecule has 3 unspecified atom stereocenters. The van der Waals surface area contributed by atoms with E-state index in [1.807, 2.05) is 0 Å². The van der Waals surface area contributed by atoms with Gasteiger partial charge in [0.2, 0.25) is 5.91 Å². The third-order valence-corrected chi connectivity index (χ3v) is 5.00. The summed E-state index contributed by atoms with van der Waals surface area (Å²) in [5.41, 5.74) is 6.13. The highest BCUT2D eigenvalue weighted by atomic mass is 16.2. The summed E-state index contributed by atoms with van der Waals surface area (Å²) in [4.78, 5) is 14.8. The van der Waals surface area contributed by atoms with E-state index in [2.05, 4.69) is 18.7 Å². The number of hydrogen-bond donors (Lipinski definition) is 1. The van der Waals surface area contributed by atoms with Crippen LogP contribution in [0, 0.1) is 11.8 Å². The van der Waals surface area contributed by atoms with E-state index in [0.29, 0.717) is 17.9 Å². The Balaban J connectivity index is 1.96. The largest absolute Gasteiger partial charge is 0.340 e. The summed E-state index contributed by atoms with van der Waals surface area (Å²) in [6.07, 6.45) is 8.02.